The Morgan fingerprint density at radius 1 is 1.22 bits per heavy atom. The van der Waals surface area contributed by atoms with Gasteiger partial charge in [-0.1, -0.05) is 0 Å². The standard InChI is InChI=1S/C16H17N3O4/c1-3-23-15-9-4-12(10-16(15)22-2)11-17-18-13-5-7-14(8-6-13)19(20)21/h4-11,18H,3H2,1-2H3. The van der Waals surface area contributed by atoms with Gasteiger partial charge in [0, 0.05) is 12.1 Å². The Balaban J connectivity index is 2.03. The highest BCUT2D eigenvalue weighted by Gasteiger charge is 2.04. The number of nitro groups is 1. The van der Waals surface area contributed by atoms with Gasteiger partial charge in [-0.3, -0.25) is 15.5 Å². The van der Waals surface area contributed by atoms with Crippen LogP contribution < -0.4 is 14.9 Å². The number of hydrogen-bond acceptors (Lipinski definition) is 6. The highest BCUT2D eigenvalue weighted by Crippen LogP contribution is 2.27. The molecular weight excluding hydrogens is 298 g/mol. The van der Waals surface area contributed by atoms with E-state index in [4.69, 9.17) is 9.47 Å². The Labute approximate surface area is 133 Å². The van der Waals surface area contributed by atoms with Gasteiger partial charge in [0.05, 0.1) is 30.5 Å². The van der Waals surface area contributed by atoms with E-state index in [0.29, 0.717) is 23.8 Å². The van der Waals surface area contributed by atoms with E-state index in [1.807, 2.05) is 25.1 Å². The van der Waals surface area contributed by atoms with Gasteiger partial charge in [0.25, 0.3) is 5.69 Å². The molecule has 0 aliphatic rings. The number of hydrogen-bond donors (Lipinski definition) is 1. The molecular formula is C16H17N3O4. The lowest BCUT2D eigenvalue weighted by Crippen LogP contribution is -1.97. The fourth-order valence-electron chi connectivity index (χ4n) is 1.88. The Morgan fingerprint density at radius 3 is 2.57 bits per heavy atom. The maximum Gasteiger partial charge on any atom is 0.269 e. The Hall–Kier alpha value is -3.09. The fourth-order valence-corrected chi connectivity index (χ4v) is 1.88. The van der Waals surface area contributed by atoms with Gasteiger partial charge < -0.3 is 9.47 Å². The molecule has 0 amide bonds. The van der Waals surface area contributed by atoms with Crippen LogP contribution in [0.5, 0.6) is 11.5 Å². The number of anilines is 1. The summed E-state index contributed by atoms with van der Waals surface area (Å²) >= 11 is 0. The number of hydrazone groups is 1. The van der Waals surface area contributed by atoms with Gasteiger partial charge in [-0.15, -0.1) is 0 Å². The van der Waals surface area contributed by atoms with Crippen LogP contribution in [0.2, 0.25) is 0 Å². The average molecular weight is 315 g/mol. The molecule has 23 heavy (non-hydrogen) atoms. The fraction of sp³-hybridized carbons (Fsp3) is 0.188. The average Bonchev–Trinajstić information content (AvgIpc) is 2.56. The lowest BCUT2D eigenvalue weighted by Gasteiger charge is -2.09. The number of nitrogens with one attached hydrogen (secondary N) is 1. The number of nitrogens with zero attached hydrogens (tertiary/aromatic N) is 2. The minimum absolute atomic E-state index is 0.0378. The van der Waals surface area contributed by atoms with Crippen LogP contribution in [0.3, 0.4) is 0 Å². The lowest BCUT2D eigenvalue weighted by molar-refractivity contribution is -0.384. The zero-order chi connectivity index (χ0) is 16.7. The molecule has 2 rings (SSSR count). The molecule has 7 heteroatoms. The number of non-ortho nitro benzene ring substituents is 1. The number of rotatable bonds is 7. The first kappa shape index (κ1) is 16.3. The zero-order valence-corrected chi connectivity index (χ0v) is 12.9. The second kappa shape index (κ2) is 7.79. The summed E-state index contributed by atoms with van der Waals surface area (Å²) in [4.78, 5) is 10.1. The SMILES string of the molecule is CCOc1ccc(C=NNc2ccc([N+](=O)[O-])cc2)cc1OC. The van der Waals surface area contributed by atoms with Crippen molar-refractivity contribution in [1.82, 2.24) is 0 Å². The van der Waals surface area contributed by atoms with E-state index in [-0.39, 0.29) is 5.69 Å². The molecule has 0 saturated carbocycles. The number of nitro benzene ring substituents is 1. The topological polar surface area (TPSA) is 86.0 Å². The van der Waals surface area contributed by atoms with Crippen LogP contribution in [-0.2, 0) is 0 Å². The third kappa shape index (κ3) is 4.44. The van der Waals surface area contributed by atoms with E-state index >= 15 is 0 Å². The largest absolute Gasteiger partial charge is 0.493 e. The Morgan fingerprint density at radius 2 is 1.96 bits per heavy atom. The molecule has 0 heterocycles. The van der Waals surface area contributed by atoms with Crippen LogP contribution >= 0.6 is 0 Å². The smallest absolute Gasteiger partial charge is 0.269 e. The van der Waals surface area contributed by atoms with E-state index < -0.39 is 4.92 Å². The Kier molecular flexibility index (Phi) is 5.51. The van der Waals surface area contributed by atoms with Gasteiger partial charge in [0.1, 0.15) is 0 Å². The molecule has 2 aromatic carbocycles. The van der Waals surface area contributed by atoms with Gasteiger partial charge in [0.15, 0.2) is 11.5 Å². The van der Waals surface area contributed by atoms with E-state index in [2.05, 4.69) is 10.5 Å². The van der Waals surface area contributed by atoms with Crippen molar-refractivity contribution in [1.29, 1.82) is 0 Å². The molecule has 0 saturated heterocycles. The van der Waals surface area contributed by atoms with Crippen molar-refractivity contribution in [3.8, 4) is 11.5 Å². The summed E-state index contributed by atoms with van der Waals surface area (Å²) in [7, 11) is 1.58. The zero-order valence-electron chi connectivity index (χ0n) is 12.9. The molecule has 1 N–H and O–H groups in total. The molecule has 120 valence electrons. The highest BCUT2D eigenvalue weighted by molar-refractivity contribution is 5.81. The summed E-state index contributed by atoms with van der Waals surface area (Å²) in [5, 5.41) is 14.7. The first-order valence-corrected chi connectivity index (χ1v) is 6.98. The lowest BCUT2D eigenvalue weighted by atomic mass is 10.2. The molecule has 0 fully saturated rings. The molecule has 0 spiro atoms. The van der Waals surface area contributed by atoms with E-state index in [1.165, 1.54) is 12.1 Å². The monoisotopic (exact) mass is 315 g/mol. The molecule has 7 nitrogen and oxygen atoms in total. The molecule has 0 unspecified atom stereocenters. The van der Waals surface area contributed by atoms with Gasteiger partial charge in [-0.2, -0.15) is 5.10 Å². The predicted octanol–water partition coefficient (Wildman–Crippen LogP) is 3.45. The molecule has 2 aromatic rings. The van der Waals surface area contributed by atoms with E-state index in [0.717, 1.165) is 5.56 Å². The number of ether oxygens (including phenoxy) is 2. The maximum atomic E-state index is 10.6. The minimum Gasteiger partial charge on any atom is -0.493 e. The first-order chi connectivity index (χ1) is 11.1. The van der Waals surface area contributed by atoms with Gasteiger partial charge >= 0.3 is 0 Å². The van der Waals surface area contributed by atoms with Crippen LogP contribution in [-0.4, -0.2) is 24.9 Å². The maximum absolute atomic E-state index is 10.6. The van der Waals surface area contributed by atoms with Crippen molar-refractivity contribution in [2.75, 3.05) is 19.1 Å². The predicted molar refractivity (Wildman–Crippen MR) is 88.5 cm³/mol. The van der Waals surface area contributed by atoms with Crippen LogP contribution in [0.1, 0.15) is 12.5 Å². The van der Waals surface area contributed by atoms with Crippen LogP contribution in [0.4, 0.5) is 11.4 Å². The molecule has 0 radical (unpaired) electrons. The molecule has 0 atom stereocenters. The number of benzene rings is 2. The summed E-state index contributed by atoms with van der Waals surface area (Å²) in [6.45, 7) is 2.47. The minimum atomic E-state index is -0.445. The third-order valence-electron chi connectivity index (χ3n) is 2.97. The molecule has 0 aromatic heterocycles. The van der Waals surface area contributed by atoms with E-state index in [9.17, 15) is 10.1 Å². The van der Waals surface area contributed by atoms with E-state index in [1.54, 1.807) is 25.5 Å². The van der Waals surface area contributed by atoms with Gasteiger partial charge in [-0.05, 0) is 42.8 Å². The van der Waals surface area contributed by atoms with Crippen LogP contribution in [0.25, 0.3) is 0 Å². The molecule has 0 aliphatic heterocycles. The van der Waals surface area contributed by atoms with Crippen molar-refractivity contribution >= 4 is 17.6 Å². The quantitative estimate of drug-likeness (QED) is 0.480. The van der Waals surface area contributed by atoms with Crippen molar-refractivity contribution in [2.24, 2.45) is 5.10 Å². The van der Waals surface area contributed by atoms with Crippen LogP contribution in [0, 0.1) is 10.1 Å². The third-order valence-corrected chi connectivity index (χ3v) is 2.97. The van der Waals surface area contributed by atoms with Gasteiger partial charge in [-0.25, -0.2) is 0 Å². The van der Waals surface area contributed by atoms with Crippen molar-refractivity contribution in [3.05, 3.63) is 58.1 Å². The van der Waals surface area contributed by atoms with Crippen molar-refractivity contribution < 1.29 is 14.4 Å². The Bertz CT molecular complexity index is 699. The molecule has 0 aliphatic carbocycles. The van der Waals surface area contributed by atoms with Gasteiger partial charge in [0.2, 0.25) is 0 Å². The summed E-state index contributed by atoms with van der Waals surface area (Å²) in [6.07, 6.45) is 1.62. The highest BCUT2D eigenvalue weighted by atomic mass is 16.6. The second-order valence-corrected chi connectivity index (χ2v) is 4.52. The van der Waals surface area contributed by atoms with Crippen molar-refractivity contribution in [3.63, 3.8) is 0 Å². The summed E-state index contributed by atoms with van der Waals surface area (Å²) in [5.41, 5.74) is 4.34. The summed E-state index contributed by atoms with van der Waals surface area (Å²) < 4.78 is 10.7. The number of methoxy groups -OCH3 is 1. The second-order valence-electron chi connectivity index (χ2n) is 4.52. The normalized spacial score (nSPS) is 10.5. The summed E-state index contributed by atoms with van der Waals surface area (Å²) in [5.74, 6) is 1.31. The van der Waals surface area contributed by atoms with Crippen molar-refractivity contribution in [2.45, 2.75) is 6.92 Å². The molecule has 0 bridgehead atoms. The first-order valence-electron chi connectivity index (χ1n) is 6.98. The van der Waals surface area contributed by atoms with Crippen LogP contribution in [0.15, 0.2) is 47.6 Å². The summed E-state index contributed by atoms with van der Waals surface area (Å²) in [6, 6.07) is 11.5.